The van der Waals surface area contributed by atoms with Gasteiger partial charge in [0.1, 0.15) is 0 Å². The molecule has 0 saturated heterocycles. The van der Waals surface area contributed by atoms with Gasteiger partial charge in [-0.2, -0.15) is 18.2 Å². The van der Waals surface area contributed by atoms with Gasteiger partial charge in [-0.15, -0.1) is 5.10 Å². The first-order valence-electron chi connectivity index (χ1n) is 10.9. The molecular formula is C26H23F3N4O2. The zero-order valence-electron chi connectivity index (χ0n) is 19.1. The monoisotopic (exact) mass is 480 g/mol. The summed E-state index contributed by atoms with van der Waals surface area (Å²) in [5, 5.41) is 7.24. The number of nitrogens with zero attached hydrogens (tertiary/aromatic N) is 3. The Morgan fingerprint density at radius 2 is 1.63 bits per heavy atom. The van der Waals surface area contributed by atoms with Crippen molar-refractivity contribution in [3.8, 4) is 23.1 Å². The molecule has 1 heterocycles. The highest BCUT2D eigenvalue weighted by atomic mass is 19.4. The molecule has 0 fully saturated rings. The Hall–Kier alpha value is -4.14. The van der Waals surface area contributed by atoms with Crippen LogP contribution in [-0.4, -0.2) is 26.8 Å². The third-order valence-corrected chi connectivity index (χ3v) is 5.00. The number of anilines is 1. The van der Waals surface area contributed by atoms with Gasteiger partial charge in [-0.05, 0) is 55.8 Å². The van der Waals surface area contributed by atoms with Crippen molar-refractivity contribution in [1.82, 2.24) is 14.8 Å². The van der Waals surface area contributed by atoms with Crippen molar-refractivity contribution in [3.63, 3.8) is 0 Å². The molecule has 180 valence electrons. The molecule has 3 aromatic carbocycles. The third-order valence-electron chi connectivity index (χ3n) is 5.00. The molecule has 1 N–H and O–H groups in total. The number of aromatic nitrogens is 3. The molecule has 0 saturated carbocycles. The average molecular weight is 480 g/mol. The first-order chi connectivity index (χ1) is 16.7. The van der Waals surface area contributed by atoms with Crippen molar-refractivity contribution in [2.24, 2.45) is 0 Å². The van der Waals surface area contributed by atoms with Gasteiger partial charge in [-0.25, -0.2) is 4.68 Å². The summed E-state index contributed by atoms with van der Waals surface area (Å²) in [7, 11) is 0. The number of benzene rings is 3. The minimum atomic E-state index is -4.43. The number of hydrogen-bond acceptors (Lipinski definition) is 4. The van der Waals surface area contributed by atoms with E-state index in [0.29, 0.717) is 22.8 Å². The van der Waals surface area contributed by atoms with Gasteiger partial charge >= 0.3 is 12.2 Å². The van der Waals surface area contributed by atoms with Crippen molar-refractivity contribution in [2.45, 2.75) is 32.5 Å². The van der Waals surface area contributed by atoms with E-state index in [9.17, 15) is 18.0 Å². The highest BCUT2D eigenvalue weighted by Crippen LogP contribution is 2.31. The number of hydrogen-bond donors (Lipinski definition) is 1. The molecule has 0 unspecified atom stereocenters. The largest absolute Gasteiger partial charge is 0.460 e. The lowest BCUT2D eigenvalue weighted by molar-refractivity contribution is -0.137. The van der Waals surface area contributed by atoms with E-state index < -0.39 is 11.7 Å². The first kappa shape index (κ1) is 24.0. The maximum Gasteiger partial charge on any atom is 0.416 e. The first-order valence-corrected chi connectivity index (χ1v) is 10.9. The van der Waals surface area contributed by atoms with Gasteiger partial charge in [-0.3, -0.25) is 4.79 Å². The second-order valence-electron chi connectivity index (χ2n) is 8.13. The average Bonchev–Trinajstić information content (AvgIpc) is 3.22. The fraction of sp³-hybridized carbons (Fsp3) is 0.192. The van der Waals surface area contributed by atoms with Crippen molar-refractivity contribution in [3.05, 3.63) is 90.0 Å². The van der Waals surface area contributed by atoms with Gasteiger partial charge in [0, 0.05) is 11.3 Å². The SMILES string of the molecule is CC(C)Oc1nc(-c2ccc(C(F)(F)F)cc2)n(-c2ccc(NC(=O)Cc3ccccc3)cc2)n1. The molecule has 0 bridgehead atoms. The summed E-state index contributed by atoms with van der Waals surface area (Å²) in [5.74, 6) is 0.179. The topological polar surface area (TPSA) is 69.0 Å². The molecule has 4 aromatic rings. The zero-order valence-corrected chi connectivity index (χ0v) is 19.1. The number of ether oxygens (including phenoxy) is 1. The molecular weight excluding hydrogens is 457 g/mol. The summed E-state index contributed by atoms with van der Waals surface area (Å²) in [5.41, 5.74) is 1.81. The normalized spacial score (nSPS) is 11.5. The molecule has 1 aromatic heterocycles. The number of carbonyl (C=O) groups is 1. The number of alkyl halides is 3. The van der Waals surface area contributed by atoms with Crippen LogP contribution in [0.5, 0.6) is 6.01 Å². The summed E-state index contributed by atoms with van der Waals surface area (Å²) in [4.78, 5) is 16.7. The van der Waals surface area contributed by atoms with E-state index in [-0.39, 0.29) is 24.4 Å². The van der Waals surface area contributed by atoms with Crippen LogP contribution in [-0.2, 0) is 17.4 Å². The quantitative estimate of drug-likeness (QED) is 0.356. The second-order valence-corrected chi connectivity index (χ2v) is 8.13. The van der Waals surface area contributed by atoms with Gasteiger partial charge in [0.05, 0.1) is 23.8 Å². The predicted molar refractivity (Wildman–Crippen MR) is 126 cm³/mol. The molecule has 0 spiro atoms. The van der Waals surface area contributed by atoms with E-state index in [1.807, 2.05) is 44.2 Å². The van der Waals surface area contributed by atoms with Gasteiger partial charge in [0.15, 0.2) is 5.82 Å². The van der Waals surface area contributed by atoms with Crippen LogP contribution in [0.4, 0.5) is 18.9 Å². The summed E-state index contributed by atoms with van der Waals surface area (Å²) in [6.45, 7) is 3.65. The van der Waals surface area contributed by atoms with Crippen molar-refractivity contribution < 1.29 is 22.7 Å². The van der Waals surface area contributed by atoms with Crippen molar-refractivity contribution in [2.75, 3.05) is 5.32 Å². The summed E-state index contributed by atoms with van der Waals surface area (Å²) >= 11 is 0. The van der Waals surface area contributed by atoms with Crippen LogP contribution in [0.1, 0.15) is 25.0 Å². The maximum atomic E-state index is 13.0. The molecule has 4 rings (SSSR count). The van der Waals surface area contributed by atoms with Crippen LogP contribution in [0.3, 0.4) is 0 Å². The molecule has 9 heteroatoms. The summed E-state index contributed by atoms with van der Waals surface area (Å²) < 4.78 is 46.0. The van der Waals surface area contributed by atoms with Crippen LogP contribution < -0.4 is 10.1 Å². The second kappa shape index (κ2) is 10.0. The Morgan fingerprint density at radius 3 is 2.23 bits per heavy atom. The molecule has 0 radical (unpaired) electrons. The lowest BCUT2D eigenvalue weighted by atomic mass is 10.1. The molecule has 0 aliphatic rings. The van der Waals surface area contributed by atoms with E-state index in [2.05, 4.69) is 15.4 Å². The fourth-order valence-corrected chi connectivity index (χ4v) is 3.40. The molecule has 6 nitrogen and oxygen atoms in total. The Bertz CT molecular complexity index is 1280. The van der Waals surface area contributed by atoms with E-state index in [4.69, 9.17) is 4.74 Å². The number of carbonyl (C=O) groups excluding carboxylic acids is 1. The minimum Gasteiger partial charge on any atom is -0.460 e. The molecule has 1 amide bonds. The van der Waals surface area contributed by atoms with Crippen molar-refractivity contribution in [1.29, 1.82) is 0 Å². The molecule has 0 aliphatic heterocycles. The van der Waals surface area contributed by atoms with Crippen LogP contribution >= 0.6 is 0 Å². The van der Waals surface area contributed by atoms with Crippen LogP contribution in [0, 0.1) is 0 Å². The lowest BCUT2D eigenvalue weighted by Crippen LogP contribution is -2.14. The Kier molecular flexibility index (Phi) is 6.86. The van der Waals surface area contributed by atoms with E-state index in [0.717, 1.165) is 17.7 Å². The summed E-state index contributed by atoms with van der Waals surface area (Å²) in [6.07, 6.45) is -4.37. The predicted octanol–water partition coefficient (Wildman–Crippen LogP) is 5.92. The zero-order chi connectivity index (χ0) is 25.0. The number of rotatable bonds is 7. The molecule has 35 heavy (non-hydrogen) atoms. The summed E-state index contributed by atoms with van der Waals surface area (Å²) in [6, 6.07) is 21.1. The van der Waals surface area contributed by atoms with E-state index in [1.54, 1.807) is 24.3 Å². The highest BCUT2D eigenvalue weighted by Gasteiger charge is 2.30. The Labute approximate surface area is 200 Å². The van der Waals surface area contributed by atoms with Gasteiger partial charge in [0.2, 0.25) is 5.91 Å². The smallest absolute Gasteiger partial charge is 0.416 e. The third kappa shape index (κ3) is 6.06. The van der Waals surface area contributed by atoms with Crippen molar-refractivity contribution >= 4 is 11.6 Å². The van der Waals surface area contributed by atoms with Gasteiger partial charge < -0.3 is 10.1 Å². The van der Waals surface area contributed by atoms with E-state index >= 15 is 0 Å². The number of halogens is 3. The van der Waals surface area contributed by atoms with E-state index in [1.165, 1.54) is 16.8 Å². The van der Waals surface area contributed by atoms with Crippen LogP contribution in [0.25, 0.3) is 17.1 Å². The maximum absolute atomic E-state index is 13.0. The van der Waals surface area contributed by atoms with Crippen LogP contribution in [0.15, 0.2) is 78.9 Å². The van der Waals surface area contributed by atoms with Gasteiger partial charge in [0.25, 0.3) is 0 Å². The molecule has 0 aliphatic carbocycles. The van der Waals surface area contributed by atoms with Crippen LogP contribution in [0.2, 0.25) is 0 Å². The lowest BCUT2D eigenvalue weighted by Gasteiger charge is -2.10. The minimum absolute atomic E-state index is 0.107. The Morgan fingerprint density at radius 1 is 0.971 bits per heavy atom. The number of nitrogens with one attached hydrogen (secondary N) is 1. The number of amides is 1. The van der Waals surface area contributed by atoms with Gasteiger partial charge in [-0.1, -0.05) is 42.5 Å². The highest BCUT2D eigenvalue weighted by molar-refractivity contribution is 5.92. The Balaban J connectivity index is 1.58. The molecule has 0 atom stereocenters. The standard InChI is InChI=1S/C26H23F3N4O2/c1-17(2)35-25-31-24(19-8-10-20(11-9-19)26(27,28)29)33(32-25)22-14-12-21(13-15-22)30-23(34)16-18-6-4-3-5-7-18/h3-15,17H,16H2,1-2H3,(H,30,34). The fourth-order valence-electron chi connectivity index (χ4n) is 3.40.